The number of benzene rings is 4. The van der Waals surface area contributed by atoms with Gasteiger partial charge in [0.25, 0.3) is 11.8 Å². The largest absolute Gasteiger partial charge is 0.511 e. The summed E-state index contributed by atoms with van der Waals surface area (Å²) in [6.45, 7) is 13.1. The van der Waals surface area contributed by atoms with Gasteiger partial charge in [-0.05, 0) is 169 Å². The molecule has 488 valence electrons. The van der Waals surface area contributed by atoms with E-state index in [-0.39, 0.29) is 63.6 Å². The number of hydrogen-bond donors (Lipinski definition) is 4. The maximum absolute atomic E-state index is 12.8. The molecule has 18 nitrogen and oxygen atoms in total. The van der Waals surface area contributed by atoms with Crippen molar-refractivity contribution in [2.24, 2.45) is 17.6 Å². The monoisotopic (exact) mass is 1280 g/mol. The number of amides is 2. The number of carbonyl (C=O) groups excluding carboxylic acids is 6. The van der Waals surface area contributed by atoms with Crippen LogP contribution in [0.25, 0.3) is 0 Å². The van der Waals surface area contributed by atoms with Gasteiger partial charge in [0.1, 0.15) is 23.7 Å². The number of rotatable bonds is 25. The molecule has 2 saturated carbocycles. The van der Waals surface area contributed by atoms with Crippen LogP contribution in [0.2, 0.25) is 10.0 Å². The molecule has 2 fully saturated rings. The number of halogens is 3. The summed E-state index contributed by atoms with van der Waals surface area (Å²) in [6.07, 6.45) is 7.18. The first-order chi connectivity index (χ1) is 41.0. The lowest BCUT2D eigenvalue weighted by molar-refractivity contribution is -0.185. The van der Waals surface area contributed by atoms with Gasteiger partial charge in [-0.3, -0.25) is 9.59 Å². The Morgan fingerprint density at radius 3 is 1.24 bits per heavy atom. The van der Waals surface area contributed by atoms with E-state index in [9.17, 15) is 28.8 Å². The van der Waals surface area contributed by atoms with Crippen LogP contribution in [0, 0.1) is 11.8 Å². The Morgan fingerprint density at radius 1 is 0.575 bits per heavy atom. The van der Waals surface area contributed by atoms with Crippen LogP contribution in [0.4, 0.5) is 9.59 Å². The molecular formula is C66H99Cl3N4O14. The third-order valence-electron chi connectivity index (χ3n) is 13.7. The molecule has 5 N–H and O–H groups in total. The van der Waals surface area contributed by atoms with Crippen LogP contribution >= 0.6 is 35.6 Å². The molecule has 0 spiro atoms. The number of esters is 2. The highest BCUT2D eigenvalue weighted by atomic mass is 35.5. The van der Waals surface area contributed by atoms with E-state index in [2.05, 4.69) is 16.0 Å². The Bertz CT molecular complexity index is 2650. The second kappa shape index (κ2) is 41.8. The summed E-state index contributed by atoms with van der Waals surface area (Å²) in [4.78, 5) is 74.7. The summed E-state index contributed by atoms with van der Waals surface area (Å²) in [5.74, 6) is -0.305. The summed E-state index contributed by atoms with van der Waals surface area (Å²) in [5.41, 5.74) is 6.17. The van der Waals surface area contributed by atoms with Gasteiger partial charge in [0.2, 0.25) is 12.6 Å². The summed E-state index contributed by atoms with van der Waals surface area (Å²) in [6, 6.07) is 27.8. The smallest absolute Gasteiger partial charge is 0.476 e. The molecule has 87 heavy (non-hydrogen) atoms. The Hall–Kier alpha value is -6.31. The number of nitrogens with two attached hydrogens (primary N) is 1. The average Bonchev–Trinajstić information content (AvgIpc) is 3.63. The fourth-order valence-electron chi connectivity index (χ4n) is 9.23. The molecule has 0 radical (unpaired) electrons. The molecule has 2 aliphatic carbocycles. The summed E-state index contributed by atoms with van der Waals surface area (Å²) < 4.78 is 55.7. The molecule has 6 rings (SSSR count). The molecule has 21 heteroatoms. The molecule has 2 amide bonds. The van der Waals surface area contributed by atoms with E-state index in [1.807, 2.05) is 31.3 Å². The van der Waals surface area contributed by atoms with Gasteiger partial charge in [0, 0.05) is 63.9 Å². The molecule has 0 aliphatic heterocycles. The van der Waals surface area contributed by atoms with Crippen LogP contribution in [0.5, 0.6) is 11.5 Å². The van der Waals surface area contributed by atoms with Crippen molar-refractivity contribution in [3.63, 3.8) is 0 Å². The number of likely N-dealkylation sites (N-methyl/N-ethyl adjacent to an activating group) is 1. The lowest BCUT2D eigenvalue weighted by Gasteiger charge is -2.30. The third kappa shape index (κ3) is 29.0. The minimum Gasteiger partial charge on any atom is -0.476 e. The summed E-state index contributed by atoms with van der Waals surface area (Å²) in [5, 5.41) is 9.97. The first-order valence-corrected chi connectivity index (χ1v) is 29.3. The lowest BCUT2D eigenvalue weighted by Crippen LogP contribution is -2.42. The van der Waals surface area contributed by atoms with Crippen LogP contribution < -0.4 is 31.2 Å². The zero-order valence-corrected chi connectivity index (χ0v) is 53.0. The number of ether oxygens (including phenoxy) is 8. The highest BCUT2D eigenvalue weighted by Crippen LogP contribution is 2.30. The number of nitrogens with one attached hydrogen (secondary N) is 3. The lowest BCUT2D eigenvalue weighted by atomic mass is 9.85. The fraction of sp³-hybridized carbons (Fsp3) is 0.545. The third-order valence-corrected chi connectivity index (χ3v) is 14.2. The van der Waals surface area contributed by atoms with E-state index >= 15 is 0 Å². The van der Waals surface area contributed by atoms with E-state index in [4.69, 9.17) is 69.6 Å². The molecule has 4 aromatic rings. The van der Waals surface area contributed by atoms with Gasteiger partial charge in [0.05, 0.1) is 0 Å². The van der Waals surface area contributed by atoms with Crippen LogP contribution in [-0.2, 0) is 50.9 Å². The van der Waals surface area contributed by atoms with Crippen molar-refractivity contribution >= 4 is 71.7 Å². The minimum absolute atomic E-state index is 0. The number of carbonyl (C=O) groups is 6. The molecule has 0 saturated heterocycles. The average molecular weight is 1280 g/mol. The van der Waals surface area contributed by atoms with Crippen molar-refractivity contribution in [2.75, 3.05) is 33.2 Å². The van der Waals surface area contributed by atoms with Gasteiger partial charge in [0.15, 0.2) is 11.2 Å². The molecular weight excluding hydrogens is 1180 g/mol. The van der Waals surface area contributed by atoms with E-state index in [1.54, 1.807) is 107 Å². The standard InChI is InChI=1S/C31H41ClN2O7.C30H39ClN2O7.C2H6.3CH4.ClH/c1-21(39-30(37)40-27(20-33-4)23-8-6-5-7-9-23)38-29(36)31(2,3)41-26-16-10-22(11-17-26)18-19-34-28(35)24-12-14-25(32)15-13-24;1-20(38-29(36)39-26(19-32)22-7-5-4-6-8-22)37-28(35)30(2,3)40-25-15-9-21(10-16-25)17-18-33-27(34)23-11-13-24(31)14-12-23;1-2;;;;/h10-17,21,23,27,33H,5-9,18-20H2,1-4H3,(H,34,35);9-16,20,22,26H,4-8,17-19,32H2,1-3H3,(H,33,34);1-2H3;3*1H4;1H/i;;1D;1T;;;. The Morgan fingerprint density at radius 2 is 0.908 bits per heavy atom. The molecule has 4 unspecified atom stereocenters. The molecule has 4 aromatic carbocycles. The Labute approximate surface area is 536 Å². The van der Waals surface area contributed by atoms with Crippen molar-refractivity contribution in [3.8, 4) is 11.5 Å². The highest BCUT2D eigenvalue weighted by Gasteiger charge is 2.36. The van der Waals surface area contributed by atoms with Gasteiger partial charge < -0.3 is 59.6 Å². The zero-order valence-electron chi connectivity index (χ0n) is 52.7. The van der Waals surface area contributed by atoms with E-state index in [0.29, 0.717) is 72.0 Å². The fourth-order valence-corrected chi connectivity index (χ4v) is 9.48. The summed E-state index contributed by atoms with van der Waals surface area (Å²) in [7, 11) is 3.06. The molecule has 2 aliphatic rings. The van der Waals surface area contributed by atoms with E-state index in [1.165, 1.54) is 34.1 Å². The van der Waals surface area contributed by atoms with Crippen LogP contribution in [0.3, 0.4) is 0 Å². The van der Waals surface area contributed by atoms with Gasteiger partial charge in [-0.15, -0.1) is 12.4 Å². The van der Waals surface area contributed by atoms with Crippen molar-refractivity contribution in [2.45, 2.75) is 191 Å². The Balaban J connectivity index is 0.00000157. The second-order valence-corrected chi connectivity index (χ2v) is 22.0. The number of hydrogen-bond acceptors (Lipinski definition) is 16. The predicted molar refractivity (Wildman–Crippen MR) is 346 cm³/mol. The zero-order chi connectivity index (χ0) is 63.7. The van der Waals surface area contributed by atoms with Crippen molar-refractivity contribution in [3.05, 3.63) is 129 Å². The Kier molecular flexibility index (Phi) is 36.9. The SMILES string of the molecule is C.C.CC(OC(=O)OC(CN)C1CCCCC1)OC(=O)C(C)(C)Oc1ccc(CCNC(=O)c2ccc(Cl)cc2)cc1.CNCC(OC(=O)OC(C)OC(=O)C(C)(C)Oc1ccc(CCNC(=O)c2ccc(Cl)cc2)cc1)C1CCCCC1.Cl.[2H]CC.[3H]C. The van der Waals surface area contributed by atoms with Gasteiger partial charge in [-0.2, -0.15) is 0 Å². The predicted octanol–water partition coefficient (Wildman–Crippen LogP) is 14.5. The maximum Gasteiger partial charge on any atom is 0.511 e. The molecule has 0 heterocycles. The van der Waals surface area contributed by atoms with Gasteiger partial charge in [-0.1, -0.05) is 122 Å². The maximum atomic E-state index is 12.8. The topological polar surface area (TPSA) is 238 Å². The van der Waals surface area contributed by atoms with Crippen LogP contribution in [0.1, 0.15) is 176 Å². The van der Waals surface area contributed by atoms with Crippen molar-refractivity contribution < 1.29 is 69.4 Å². The highest BCUT2D eigenvalue weighted by molar-refractivity contribution is 6.31. The first kappa shape index (κ1) is 76.8. The van der Waals surface area contributed by atoms with E-state index in [0.717, 1.165) is 62.5 Å². The second-order valence-electron chi connectivity index (χ2n) is 21.1. The van der Waals surface area contributed by atoms with Crippen LogP contribution in [-0.4, -0.2) is 105 Å². The molecule has 0 aromatic heterocycles. The van der Waals surface area contributed by atoms with Gasteiger partial charge in [-0.25, -0.2) is 19.2 Å². The molecule has 0 bridgehead atoms. The van der Waals surface area contributed by atoms with E-state index < -0.39 is 54.1 Å². The van der Waals surface area contributed by atoms with Crippen LogP contribution in [0.15, 0.2) is 97.1 Å². The molecule has 4 atom stereocenters. The van der Waals surface area contributed by atoms with Gasteiger partial charge >= 0.3 is 24.2 Å². The first-order valence-electron chi connectivity index (χ1n) is 30.2. The normalized spacial score (nSPS) is 14.6. The quantitative estimate of drug-likeness (QED) is 0.0274. The van der Waals surface area contributed by atoms with Crippen molar-refractivity contribution in [1.29, 1.82) is 0 Å². The minimum atomic E-state index is -1.35. The van der Waals surface area contributed by atoms with Crippen molar-refractivity contribution in [1.82, 2.24) is 16.0 Å². The summed E-state index contributed by atoms with van der Waals surface area (Å²) >= 11 is 11.7.